The number of rotatable bonds is 2. The molecule has 0 radical (unpaired) electrons. The van der Waals surface area contributed by atoms with Crippen molar-refractivity contribution in [2.75, 3.05) is 20.7 Å². The van der Waals surface area contributed by atoms with Crippen molar-refractivity contribution in [2.24, 2.45) is 10.6 Å². The van der Waals surface area contributed by atoms with Crippen molar-refractivity contribution < 1.29 is 9.63 Å². The van der Waals surface area contributed by atoms with Crippen molar-refractivity contribution in [2.45, 2.75) is 32.7 Å². The van der Waals surface area contributed by atoms with Gasteiger partial charge >= 0.3 is 0 Å². The van der Waals surface area contributed by atoms with E-state index < -0.39 is 11.0 Å². The Kier molecular flexibility index (Phi) is 4.04. The molecule has 1 unspecified atom stereocenters. The van der Waals surface area contributed by atoms with Gasteiger partial charge in [0.05, 0.1) is 5.41 Å². The number of hydrogen-bond donors (Lipinski definition) is 1. The highest BCUT2D eigenvalue weighted by atomic mass is 16.6. The quantitative estimate of drug-likeness (QED) is 0.756. The third-order valence-corrected chi connectivity index (χ3v) is 3.05. The van der Waals surface area contributed by atoms with Gasteiger partial charge in [0.15, 0.2) is 5.84 Å². The molecular weight excluding hydrogens is 230 g/mol. The predicted molar refractivity (Wildman–Crippen MR) is 72.2 cm³/mol. The van der Waals surface area contributed by atoms with E-state index in [1.54, 1.807) is 6.08 Å². The molecule has 1 heterocycles. The molecule has 0 fully saturated rings. The van der Waals surface area contributed by atoms with Crippen LogP contribution in [0, 0.1) is 5.41 Å². The summed E-state index contributed by atoms with van der Waals surface area (Å²) in [5.41, 5.74) is -1.19. The Balaban J connectivity index is 3.17. The summed E-state index contributed by atoms with van der Waals surface area (Å²) in [4.78, 5) is 19.4. The lowest BCUT2D eigenvalue weighted by atomic mass is 9.88. The maximum absolute atomic E-state index is 12.2. The van der Waals surface area contributed by atoms with Crippen molar-refractivity contribution in [3.63, 3.8) is 0 Å². The van der Waals surface area contributed by atoms with Crippen LogP contribution >= 0.6 is 0 Å². The largest absolute Gasteiger partial charge is 0.393 e. The average Bonchev–Trinajstić information content (AvgIpc) is 2.22. The highest BCUT2D eigenvalue weighted by Crippen LogP contribution is 2.24. The maximum Gasteiger partial charge on any atom is 0.230 e. The second kappa shape index (κ2) is 5.00. The summed E-state index contributed by atoms with van der Waals surface area (Å²) in [5.74, 6) is 0.646. The Labute approximate surface area is 109 Å². The second-order valence-electron chi connectivity index (χ2n) is 5.75. The summed E-state index contributed by atoms with van der Waals surface area (Å²) in [6.07, 6.45) is 2.36. The fourth-order valence-corrected chi connectivity index (χ4v) is 1.90. The first-order valence-corrected chi connectivity index (χ1v) is 6.04. The molecule has 0 saturated carbocycles. The molecule has 0 spiro atoms. The van der Waals surface area contributed by atoms with Crippen LogP contribution in [0.5, 0.6) is 0 Å². The van der Waals surface area contributed by atoms with Gasteiger partial charge < -0.3 is 15.1 Å². The number of amides is 1. The van der Waals surface area contributed by atoms with E-state index in [-0.39, 0.29) is 12.5 Å². The minimum Gasteiger partial charge on any atom is -0.393 e. The standard InChI is InChI=1S/C13H23N3O2/c1-7-8-13(4)10(16(5)6)15-18-9-12(2,3)11(17)14-13/h7H,1,8-9H2,2-6H3,(H,14,17)/b15-10+. The Hall–Kier alpha value is -1.52. The number of carbonyl (C=O) groups excluding carboxylic acids is 1. The first-order valence-electron chi connectivity index (χ1n) is 6.04. The Morgan fingerprint density at radius 3 is 2.61 bits per heavy atom. The molecule has 0 bridgehead atoms. The molecule has 0 saturated heterocycles. The van der Waals surface area contributed by atoms with Gasteiger partial charge in [0.2, 0.25) is 5.91 Å². The summed E-state index contributed by atoms with van der Waals surface area (Å²) in [7, 11) is 3.75. The molecule has 1 aliphatic rings. The van der Waals surface area contributed by atoms with Crippen LogP contribution in [0.1, 0.15) is 27.2 Å². The first-order chi connectivity index (χ1) is 8.23. The van der Waals surface area contributed by atoms with Gasteiger partial charge in [0.25, 0.3) is 0 Å². The van der Waals surface area contributed by atoms with E-state index in [2.05, 4.69) is 17.1 Å². The van der Waals surface area contributed by atoms with Gasteiger partial charge in [-0.3, -0.25) is 4.79 Å². The van der Waals surface area contributed by atoms with Gasteiger partial charge in [-0.1, -0.05) is 11.2 Å². The number of amidine groups is 1. The average molecular weight is 253 g/mol. The molecule has 102 valence electrons. The molecule has 5 heteroatoms. The smallest absolute Gasteiger partial charge is 0.230 e. The molecular formula is C13H23N3O2. The number of oxime groups is 1. The van der Waals surface area contributed by atoms with Crippen molar-refractivity contribution >= 4 is 11.7 Å². The highest BCUT2D eigenvalue weighted by molar-refractivity contribution is 5.96. The molecule has 1 atom stereocenters. The fourth-order valence-electron chi connectivity index (χ4n) is 1.90. The minimum atomic E-state index is -0.597. The summed E-state index contributed by atoms with van der Waals surface area (Å²) in [5, 5.41) is 7.22. The molecule has 0 aliphatic carbocycles. The SMILES string of the molecule is C=CCC1(C)NC(=O)C(C)(C)CO/N=C\1N(C)C. The number of nitrogens with one attached hydrogen (secondary N) is 1. The van der Waals surface area contributed by atoms with Crippen molar-refractivity contribution in [1.29, 1.82) is 0 Å². The van der Waals surface area contributed by atoms with Crippen LogP contribution in [0.4, 0.5) is 0 Å². The Bertz CT molecular complexity index is 374. The zero-order valence-electron chi connectivity index (χ0n) is 11.9. The van der Waals surface area contributed by atoms with Crippen molar-refractivity contribution in [3.8, 4) is 0 Å². The molecule has 1 N–H and O–H groups in total. The number of nitrogens with zero attached hydrogens (tertiary/aromatic N) is 2. The van der Waals surface area contributed by atoms with Crippen LogP contribution in [-0.2, 0) is 9.63 Å². The molecule has 5 nitrogen and oxygen atoms in total. The van der Waals surface area contributed by atoms with E-state index in [0.29, 0.717) is 12.3 Å². The van der Waals surface area contributed by atoms with Crippen molar-refractivity contribution in [1.82, 2.24) is 10.2 Å². The highest BCUT2D eigenvalue weighted by Gasteiger charge is 2.40. The number of likely N-dealkylation sites (N-methyl/N-ethyl adjacent to an activating group) is 1. The summed E-state index contributed by atoms with van der Waals surface area (Å²) < 4.78 is 0. The molecule has 1 aliphatic heterocycles. The lowest BCUT2D eigenvalue weighted by molar-refractivity contribution is -0.134. The first kappa shape index (κ1) is 14.5. The lowest BCUT2D eigenvalue weighted by Gasteiger charge is -2.38. The van der Waals surface area contributed by atoms with Gasteiger partial charge in [-0.2, -0.15) is 0 Å². The van der Waals surface area contributed by atoms with E-state index in [1.807, 2.05) is 39.8 Å². The van der Waals surface area contributed by atoms with Crippen LogP contribution in [-0.4, -0.2) is 42.9 Å². The van der Waals surface area contributed by atoms with Gasteiger partial charge in [-0.25, -0.2) is 0 Å². The number of hydrogen-bond acceptors (Lipinski definition) is 4. The summed E-state index contributed by atoms with van der Waals surface area (Å²) in [6, 6.07) is 0. The van der Waals surface area contributed by atoms with E-state index in [0.717, 1.165) is 0 Å². The van der Waals surface area contributed by atoms with Gasteiger partial charge in [0.1, 0.15) is 12.1 Å². The van der Waals surface area contributed by atoms with Crippen LogP contribution in [0.25, 0.3) is 0 Å². The molecule has 1 rings (SSSR count). The monoisotopic (exact) mass is 253 g/mol. The van der Waals surface area contributed by atoms with Crippen LogP contribution in [0.2, 0.25) is 0 Å². The van der Waals surface area contributed by atoms with Crippen molar-refractivity contribution in [3.05, 3.63) is 12.7 Å². The Morgan fingerprint density at radius 1 is 1.50 bits per heavy atom. The van der Waals surface area contributed by atoms with Gasteiger partial charge in [-0.15, -0.1) is 6.58 Å². The van der Waals surface area contributed by atoms with E-state index >= 15 is 0 Å². The fraction of sp³-hybridized carbons (Fsp3) is 0.692. The second-order valence-corrected chi connectivity index (χ2v) is 5.75. The summed E-state index contributed by atoms with van der Waals surface area (Å²) in [6.45, 7) is 9.61. The Morgan fingerprint density at radius 2 is 2.11 bits per heavy atom. The molecule has 0 aromatic rings. The van der Waals surface area contributed by atoms with Gasteiger partial charge in [-0.05, 0) is 27.2 Å². The minimum absolute atomic E-state index is 0.0406. The van der Waals surface area contributed by atoms with E-state index in [9.17, 15) is 4.79 Å². The molecule has 18 heavy (non-hydrogen) atoms. The molecule has 0 aromatic carbocycles. The topological polar surface area (TPSA) is 53.9 Å². The maximum atomic E-state index is 12.2. The van der Waals surface area contributed by atoms with Gasteiger partial charge in [0, 0.05) is 14.1 Å². The van der Waals surface area contributed by atoms with E-state index in [1.165, 1.54) is 0 Å². The zero-order valence-corrected chi connectivity index (χ0v) is 11.9. The van der Waals surface area contributed by atoms with Crippen LogP contribution in [0.3, 0.4) is 0 Å². The van der Waals surface area contributed by atoms with Crippen LogP contribution in [0.15, 0.2) is 17.8 Å². The lowest BCUT2D eigenvalue weighted by Crippen LogP contribution is -2.60. The summed E-state index contributed by atoms with van der Waals surface area (Å²) >= 11 is 0. The predicted octanol–water partition coefficient (Wildman–Crippen LogP) is 1.37. The van der Waals surface area contributed by atoms with E-state index in [4.69, 9.17) is 4.84 Å². The van der Waals surface area contributed by atoms with Crippen LogP contribution < -0.4 is 5.32 Å². The molecule has 0 aromatic heterocycles. The molecule has 1 amide bonds. The number of carbonyl (C=O) groups is 1. The normalized spacial score (nSPS) is 30.1. The third kappa shape index (κ3) is 2.83. The third-order valence-electron chi connectivity index (χ3n) is 3.05. The zero-order chi connectivity index (χ0) is 14.0.